The first kappa shape index (κ1) is 25.8. The standard InChI is InChI=1S/C26H23N3O6S2/c1-5-13-29-21-15-22(34-3)23(35-4)16-24(21)36-26(29)27-25(30)17-7-6-8-18(14-17)28-37(31,32)20-11-9-19(33-2)10-12-20/h1,6-12,14-16,28H,13H2,2-4H3. The summed E-state index contributed by atoms with van der Waals surface area (Å²) in [5.74, 6) is 3.62. The summed E-state index contributed by atoms with van der Waals surface area (Å²) in [7, 11) is 0.689. The van der Waals surface area contributed by atoms with E-state index in [9.17, 15) is 13.2 Å². The van der Waals surface area contributed by atoms with Crippen molar-refractivity contribution in [1.82, 2.24) is 4.57 Å². The van der Waals surface area contributed by atoms with Crippen LogP contribution in [0.2, 0.25) is 0 Å². The van der Waals surface area contributed by atoms with Crippen molar-refractivity contribution in [2.75, 3.05) is 26.1 Å². The van der Waals surface area contributed by atoms with E-state index in [-0.39, 0.29) is 22.7 Å². The molecule has 1 heterocycles. The fraction of sp³-hybridized carbons (Fsp3) is 0.154. The van der Waals surface area contributed by atoms with Crippen molar-refractivity contribution in [1.29, 1.82) is 0 Å². The summed E-state index contributed by atoms with van der Waals surface area (Å²) < 4.78 is 46.4. The molecule has 0 fully saturated rings. The van der Waals surface area contributed by atoms with Gasteiger partial charge in [0.05, 0.1) is 43.0 Å². The van der Waals surface area contributed by atoms with Crippen LogP contribution >= 0.6 is 11.3 Å². The van der Waals surface area contributed by atoms with Gasteiger partial charge in [-0.05, 0) is 42.5 Å². The summed E-state index contributed by atoms with van der Waals surface area (Å²) in [6, 6.07) is 15.6. The van der Waals surface area contributed by atoms with Gasteiger partial charge in [-0.3, -0.25) is 9.52 Å². The van der Waals surface area contributed by atoms with Crippen molar-refractivity contribution >= 4 is 43.2 Å². The molecule has 4 rings (SSSR count). The Bertz CT molecular complexity index is 1680. The minimum Gasteiger partial charge on any atom is -0.497 e. The molecule has 3 aromatic carbocycles. The van der Waals surface area contributed by atoms with E-state index in [4.69, 9.17) is 20.6 Å². The maximum Gasteiger partial charge on any atom is 0.279 e. The predicted octanol–water partition coefficient (Wildman–Crippen LogP) is 3.90. The normalized spacial score (nSPS) is 11.7. The Kier molecular flexibility index (Phi) is 7.52. The van der Waals surface area contributed by atoms with Gasteiger partial charge in [-0.1, -0.05) is 23.3 Å². The number of sulfonamides is 1. The summed E-state index contributed by atoms with van der Waals surface area (Å²) >= 11 is 1.27. The first-order valence-corrected chi connectivity index (χ1v) is 13.1. The van der Waals surface area contributed by atoms with Crippen molar-refractivity contribution in [2.45, 2.75) is 11.4 Å². The molecular formula is C26H23N3O6S2. The number of fused-ring (bicyclic) bond motifs is 1. The highest BCUT2D eigenvalue weighted by Gasteiger charge is 2.16. The van der Waals surface area contributed by atoms with E-state index < -0.39 is 15.9 Å². The van der Waals surface area contributed by atoms with Gasteiger partial charge in [0.25, 0.3) is 15.9 Å². The van der Waals surface area contributed by atoms with Crippen molar-refractivity contribution < 1.29 is 27.4 Å². The smallest absolute Gasteiger partial charge is 0.279 e. The molecule has 1 amide bonds. The molecule has 0 aliphatic heterocycles. The average molecular weight is 538 g/mol. The summed E-state index contributed by atoms with van der Waals surface area (Å²) in [6.45, 7) is 0.184. The molecule has 9 nitrogen and oxygen atoms in total. The molecule has 190 valence electrons. The quantitative estimate of drug-likeness (QED) is 0.342. The maximum absolute atomic E-state index is 13.1. The van der Waals surface area contributed by atoms with E-state index in [0.717, 1.165) is 10.2 Å². The summed E-state index contributed by atoms with van der Waals surface area (Å²) in [4.78, 5) is 17.8. The number of ether oxygens (including phenoxy) is 3. The first-order chi connectivity index (χ1) is 17.8. The number of nitrogens with zero attached hydrogens (tertiary/aromatic N) is 2. The zero-order valence-corrected chi connectivity index (χ0v) is 21.9. The number of benzene rings is 3. The van der Waals surface area contributed by atoms with Gasteiger partial charge in [-0.15, -0.1) is 6.42 Å². The fourth-order valence-electron chi connectivity index (χ4n) is 3.56. The third kappa shape index (κ3) is 5.45. The van der Waals surface area contributed by atoms with E-state index >= 15 is 0 Å². The Labute approximate surface area is 218 Å². The third-order valence-corrected chi connectivity index (χ3v) is 7.80. The zero-order valence-electron chi connectivity index (χ0n) is 20.2. The molecule has 0 aliphatic rings. The summed E-state index contributed by atoms with van der Waals surface area (Å²) in [5, 5.41) is 0. The SMILES string of the molecule is C#CCn1c(=NC(=O)c2cccc(NS(=O)(=O)c3ccc(OC)cc3)c2)sc2cc(OC)c(OC)cc21. The van der Waals surface area contributed by atoms with Crippen LogP contribution in [0.4, 0.5) is 5.69 Å². The van der Waals surface area contributed by atoms with Crippen LogP contribution in [0.5, 0.6) is 17.2 Å². The molecule has 0 radical (unpaired) electrons. The number of aromatic nitrogens is 1. The third-order valence-electron chi connectivity index (χ3n) is 5.37. The van der Waals surface area contributed by atoms with Crippen LogP contribution in [0.15, 0.2) is 70.6 Å². The second-order valence-electron chi connectivity index (χ2n) is 7.63. The van der Waals surface area contributed by atoms with Crippen LogP contribution in [0.1, 0.15) is 10.4 Å². The number of carbonyl (C=O) groups is 1. The molecule has 0 saturated heterocycles. The predicted molar refractivity (Wildman–Crippen MR) is 142 cm³/mol. The number of hydrogen-bond acceptors (Lipinski definition) is 7. The molecule has 0 aliphatic carbocycles. The number of hydrogen-bond donors (Lipinski definition) is 1. The number of carbonyl (C=O) groups excluding carboxylic acids is 1. The van der Waals surface area contributed by atoms with Gasteiger partial charge in [-0.25, -0.2) is 8.42 Å². The Morgan fingerprint density at radius 1 is 1.03 bits per heavy atom. The number of terminal acetylenes is 1. The molecule has 1 N–H and O–H groups in total. The highest BCUT2D eigenvalue weighted by atomic mass is 32.2. The van der Waals surface area contributed by atoms with Gasteiger partial charge in [0.1, 0.15) is 5.75 Å². The number of thiazole rings is 1. The van der Waals surface area contributed by atoms with E-state index in [1.807, 2.05) is 0 Å². The van der Waals surface area contributed by atoms with Crippen molar-refractivity contribution in [3.63, 3.8) is 0 Å². The van der Waals surface area contributed by atoms with Gasteiger partial charge in [0.2, 0.25) is 0 Å². The number of rotatable bonds is 8. The minimum atomic E-state index is -3.88. The molecule has 1 aromatic heterocycles. The average Bonchev–Trinajstić information content (AvgIpc) is 3.23. The Balaban J connectivity index is 1.68. The van der Waals surface area contributed by atoms with Crippen LogP contribution in [-0.4, -0.2) is 40.2 Å². The van der Waals surface area contributed by atoms with Crippen molar-refractivity contribution in [2.24, 2.45) is 4.99 Å². The molecule has 0 saturated carbocycles. The number of nitrogens with one attached hydrogen (secondary N) is 1. The second kappa shape index (κ2) is 10.8. The van der Waals surface area contributed by atoms with Crippen LogP contribution < -0.4 is 23.7 Å². The Morgan fingerprint density at radius 2 is 1.73 bits per heavy atom. The van der Waals surface area contributed by atoms with Gasteiger partial charge in [0.15, 0.2) is 16.3 Å². The lowest BCUT2D eigenvalue weighted by molar-refractivity contribution is 0.0998. The van der Waals surface area contributed by atoms with Gasteiger partial charge < -0.3 is 18.8 Å². The lowest BCUT2D eigenvalue weighted by atomic mass is 10.2. The summed E-state index contributed by atoms with van der Waals surface area (Å²) in [6.07, 6.45) is 5.57. The molecule has 37 heavy (non-hydrogen) atoms. The number of anilines is 1. The van der Waals surface area contributed by atoms with Crippen molar-refractivity contribution in [3.8, 4) is 29.6 Å². The highest BCUT2D eigenvalue weighted by molar-refractivity contribution is 7.92. The highest BCUT2D eigenvalue weighted by Crippen LogP contribution is 2.33. The monoisotopic (exact) mass is 537 g/mol. The number of amides is 1. The zero-order chi connectivity index (χ0) is 26.6. The molecule has 0 unspecified atom stereocenters. The number of methoxy groups -OCH3 is 3. The fourth-order valence-corrected chi connectivity index (χ4v) is 5.65. The molecule has 4 aromatic rings. The van der Waals surface area contributed by atoms with Crippen LogP contribution in [0, 0.1) is 12.3 Å². The summed E-state index contributed by atoms with van der Waals surface area (Å²) in [5.41, 5.74) is 1.17. The molecule has 0 spiro atoms. The van der Waals surface area contributed by atoms with Gasteiger partial charge in [0, 0.05) is 23.4 Å². The largest absolute Gasteiger partial charge is 0.497 e. The van der Waals surface area contributed by atoms with E-state index in [1.54, 1.807) is 47.0 Å². The maximum atomic E-state index is 13.1. The van der Waals surface area contributed by atoms with E-state index in [1.165, 1.54) is 50.9 Å². The molecule has 11 heteroatoms. The van der Waals surface area contributed by atoms with Crippen LogP contribution in [-0.2, 0) is 16.6 Å². The van der Waals surface area contributed by atoms with Crippen molar-refractivity contribution in [3.05, 3.63) is 71.0 Å². The van der Waals surface area contributed by atoms with E-state index in [2.05, 4.69) is 15.6 Å². The lowest BCUT2D eigenvalue weighted by Crippen LogP contribution is -2.17. The Hall–Kier alpha value is -4.27. The van der Waals surface area contributed by atoms with E-state index in [0.29, 0.717) is 22.0 Å². The first-order valence-electron chi connectivity index (χ1n) is 10.8. The minimum absolute atomic E-state index is 0.0566. The molecular weight excluding hydrogens is 514 g/mol. The second-order valence-corrected chi connectivity index (χ2v) is 10.3. The Morgan fingerprint density at radius 3 is 2.38 bits per heavy atom. The van der Waals surface area contributed by atoms with Gasteiger partial charge >= 0.3 is 0 Å². The van der Waals surface area contributed by atoms with Crippen LogP contribution in [0.3, 0.4) is 0 Å². The van der Waals surface area contributed by atoms with Gasteiger partial charge in [-0.2, -0.15) is 4.99 Å². The van der Waals surface area contributed by atoms with Crippen LogP contribution in [0.25, 0.3) is 10.2 Å². The topological polar surface area (TPSA) is 108 Å². The molecule has 0 bridgehead atoms. The molecule has 0 atom stereocenters. The lowest BCUT2D eigenvalue weighted by Gasteiger charge is -2.09.